The Morgan fingerprint density at radius 3 is 2.57 bits per heavy atom. The molecular weight excluding hydrogens is 272 g/mol. The van der Waals surface area contributed by atoms with E-state index in [0.717, 1.165) is 11.3 Å². The third-order valence-electron chi connectivity index (χ3n) is 2.47. The number of benzene rings is 1. The first-order valence-corrected chi connectivity index (χ1v) is 6.50. The van der Waals surface area contributed by atoms with Gasteiger partial charge in [0.25, 0.3) is 0 Å². The lowest BCUT2D eigenvalue weighted by Gasteiger charge is -2.18. The zero-order valence-corrected chi connectivity index (χ0v) is 11.8. The van der Waals surface area contributed by atoms with E-state index in [1.807, 2.05) is 6.92 Å². The van der Waals surface area contributed by atoms with Crippen LogP contribution in [-0.4, -0.2) is 41.7 Å². The Hall–Kier alpha value is -2.68. The first-order chi connectivity index (χ1) is 10.1. The minimum Gasteiger partial charge on any atom is -0.494 e. The second kappa shape index (κ2) is 8.48. The van der Waals surface area contributed by atoms with Gasteiger partial charge < -0.3 is 20.1 Å². The lowest BCUT2D eigenvalue weighted by molar-refractivity contribution is -0.137. The van der Waals surface area contributed by atoms with E-state index in [1.165, 1.54) is 0 Å². The smallest absolute Gasteiger partial charge is 0.323 e. The molecule has 1 aromatic carbocycles. The van der Waals surface area contributed by atoms with Crippen molar-refractivity contribution in [2.45, 2.75) is 13.3 Å². The molecule has 0 fully saturated rings. The number of carboxylic acid groups (broad SMARTS) is 1. The SMILES string of the molecule is C#CCN(CC(=O)O)C(=O)Nc1ccc(OCCC)cc1. The Bertz CT molecular complexity index is 519. The Balaban J connectivity index is 2.63. The van der Waals surface area contributed by atoms with Gasteiger partial charge >= 0.3 is 12.0 Å². The molecule has 0 atom stereocenters. The molecule has 0 aliphatic rings. The highest BCUT2D eigenvalue weighted by Crippen LogP contribution is 2.16. The molecule has 0 spiro atoms. The van der Waals surface area contributed by atoms with Crippen LogP contribution in [0, 0.1) is 12.3 Å². The van der Waals surface area contributed by atoms with Gasteiger partial charge in [0.15, 0.2) is 0 Å². The predicted octanol–water partition coefficient (Wildman–Crippen LogP) is 2.03. The number of carbonyl (C=O) groups excluding carboxylic acids is 1. The highest BCUT2D eigenvalue weighted by atomic mass is 16.5. The summed E-state index contributed by atoms with van der Waals surface area (Å²) in [7, 11) is 0. The molecule has 0 unspecified atom stereocenters. The lowest BCUT2D eigenvalue weighted by atomic mass is 10.3. The zero-order chi connectivity index (χ0) is 15.7. The molecular formula is C15H18N2O4. The summed E-state index contributed by atoms with van der Waals surface area (Å²) in [4.78, 5) is 23.6. The van der Waals surface area contributed by atoms with Crippen LogP contribution in [0.3, 0.4) is 0 Å². The van der Waals surface area contributed by atoms with Crippen molar-refractivity contribution in [1.82, 2.24) is 4.90 Å². The summed E-state index contributed by atoms with van der Waals surface area (Å²) in [6.45, 7) is 2.11. The maximum absolute atomic E-state index is 11.9. The number of hydrogen-bond donors (Lipinski definition) is 2. The lowest BCUT2D eigenvalue weighted by Crippen LogP contribution is -2.39. The molecule has 6 nitrogen and oxygen atoms in total. The van der Waals surface area contributed by atoms with Gasteiger partial charge in [0.1, 0.15) is 12.3 Å². The highest BCUT2D eigenvalue weighted by molar-refractivity contribution is 5.91. The van der Waals surface area contributed by atoms with E-state index in [0.29, 0.717) is 18.0 Å². The number of aliphatic carboxylic acids is 1. The predicted molar refractivity (Wildman–Crippen MR) is 79.3 cm³/mol. The van der Waals surface area contributed by atoms with Gasteiger partial charge in [-0.2, -0.15) is 0 Å². The number of urea groups is 1. The number of amides is 2. The summed E-state index contributed by atoms with van der Waals surface area (Å²) in [5.74, 6) is 1.84. The summed E-state index contributed by atoms with van der Waals surface area (Å²) in [5.41, 5.74) is 0.538. The molecule has 0 saturated heterocycles. The van der Waals surface area contributed by atoms with E-state index in [2.05, 4.69) is 11.2 Å². The summed E-state index contributed by atoms with van der Waals surface area (Å²) in [6, 6.07) is 6.26. The van der Waals surface area contributed by atoms with E-state index in [4.69, 9.17) is 16.3 Å². The molecule has 6 heteroatoms. The Labute approximate surface area is 123 Å². The second-order valence-electron chi connectivity index (χ2n) is 4.26. The Morgan fingerprint density at radius 1 is 1.38 bits per heavy atom. The van der Waals surface area contributed by atoms with Crippen molar-refractivity contribution < 1.29 is 19.4 Å². The van der Waals surface area contributed by atoms with E-state index >= 15 is 0 Å². The van der Waals surface area contributed by atoms with Crippen LogP contribution in [-0.2, 0) is 4.79 Å². The van der Waals surface area contributed by atoms with Crippen LogP contribution >= 0.6 is 0 Å². The maximum atomic E-state index is 11.9. The zero-order valence-electron chi connectivity index (χ0n) is 11.8. The molecule has 0 aliphatic carbocycles. The molecule has 1 rings (SSSR count). The van der Waals surface area contributed by atoms with Crippen molar-refractivity contribution >= 4 is 17.7 Å². The number of anilines is 1. The van der Waals surface area contributed by atoms with Crippen LogP contribution in [0.15, 0.2) is 24.3 Å². The molecule has 0 heterocycles. The van der Waals surface area contributed by atoms with E-state index in [1.54, 1.807) is 24.3 Å². The highest BCUT2D eigenvalue weighted by Gasteiger charge is 2.15. The van der Waals surface area contributed by atoms with Crippen molar-refractivity contribution in [2.24, 2.45) is 0 Å². The maximum Gasteiger partial charge on any atom is 0.323 e. The van der Waals surface area contributed by atoms with Crippen LogP contribution in [0.5, 0.6) is 5.75 Å². The van der Waals surface area contributed by atoms with Gasteiger partial charge in [0.05, 0.1) is 13.2 Å². The quantitative estimate of drug-likeness (QED) is 0.753. The molecule has 0 saturated carbocycles. The average molecular weight is 290 g/mol. The van der Waals surface area contributed by atoms with Gasteiger partial charge in [-0.05, 0) is 30.7 Å². The molecule has 1 aromatic rings. The standard InChI is InChI=1S/C15H18N2O4/c1-3-9-17(11-14(18)19)15(20)16-12-5-7-13(8-6-12)21-10-4-2/h1,5-8H,4,9-11H2,2H3,(H,16,20)(H,18,19). The van der Waals surface area contributed by atoms with Crippen LogP contribution in [0.4, 0.5) is 10.5 Å². The van der Waals surface area contributed by atoms with Crippen LogP contribution < -0.4 is 10.1 Å². The monoisotopic (exact) mass is 290 g/mol. The first-order valence-electron chi connectivity index (χ1n) is 6.50. The third kappa shape index (κ3) is 5.87. The molecule has 2 N–H and O–H groups in total. The number of hydrogen-bond acceptors (Lipinski definition) is 3. The Morgan fingerprint density at radius 2 is 2.05 bits per heavy atom. The van der Waals surface area contributed by atoms with Gasteiger partial charge in [0, 0.05) is 5.69 Å². The van der Waals surface area contributed by atoms with E-state index in [-0.39, 0.29) is 6.54 Å². The van der Waals surface area contributed by atoms with Crippen molar-refractivity contribution in [3.63, 3.8) is 0 Å². The first kappa shape index (κ1) is 16.4. The fourth-order valence-electron chi connectivity index (χ4n) is 1.53. The summed E-state index contributed by atoms with van der Waals surface area (Å²) < 4.78 is 5.43. The fraction of sp³-hybridized carbons (Fsp3) is 0.333. The molecule has 0 bridgehead atoms. The number of terminal acetylenes is 1. The number of carboxylic acids is 1. The minimum absolute atomic E-state index is 0.0736. The number of rotatable bonds is 7. The summed E-state index contributed by atoms with van der Waals surface area (Å²) in [5, 5.41) is 11.3. The van der Waals surface area contributed by atoms with E-state index < -0.39 is 18.5 Å². The van der Waals surface area contributed by atoms with Gasteiger partial charge in [-0.3, -0.25) is 4.79 Å². The summed E-state index contributed by atoms with van der Waals surface area (Å²) >= 11 is 0. The van der Waals surface area contributed by atoms with Crippen molar-refractivity contribution in [3.05, 3.63) is 24.3 Å². The van der Waals surface area contributed by atoms with Crippen molar-refractivity contribution in [1.29, 1.82) is 0 Å². The van der Waals surface area contributed by atoms with Gasteiger partial charge in [-0.1, -0.05) is 12.8 Å². The number of nitrogens with zero attached hydrogens (tertiary/aromatic N) is 1. The normalized spacial score (nSPS) is 9.52. The van der Waals surface area contributed by atoms with E-state index in [9.17, 15) is 9.59 Å². The minimum atomic E-state index is -1.12. The molecule has 112 valence electrons. The molecule has 2 amide bonds. The molecule has 0 aromatic heterocycles. The number of nitrogens with one attached hydrogen (secondary N) is 1. The topological polar surface area (TPSA) is 78.9 Å². The molecule has 0 aliphatic heterocycles. The van der Waals surface area contributed by atoms with Crippen molar-refractivity contribution in [2.75, 3.05) is 25.0 Å². The number of ether oxygens (including phenoxy) is 1. The molecule has 21 heavy (non-hydrogen) atoms. The average Bonchev–Trinajstić information content (AvgIpc) is 2.45. The third-order valence-corrected chi connectivity index (χ3v) is 2.47. The second-order valence-corrected chi connectivity index (χ2v) is 4.26. The summed E-state index contributed by atoms with van der Waals surface area (Å²) in [6.07, 6.45) is 6.03. The van der Waals surface area contributed by atoms with Crippen molar-refractivity contribution in [3.8, 4) is 18.1 Å². The van der Waals surface area contributed by atoms with Gasteiger partial charge in [-0.25, -0.2) is 4.79 Å². The van der Waals surface area contributed by atoms with Gasteiger partial charge in [0.2, 0.25) is 0 Å². The van der Waals surface area contributed by atoms with Gasteiger partial charge in [-0.15, -0.1) is 6.42 Å². The Kier molecular flexibility index (Phi) is 6.61. The fourth-order valence-corrected chi connectivity index (χ4v) is 1.53. The van der Waals surface area contributed by atoms with Crippen LogP contribution in [0.1, 0.15) is 13.3 Å². The number of carbonyl (C=O) groups is 2. The molecule has 0 radical (unpaired) electrons. The largest absolute Gasteiger partial charge is 0.494 e. The van der Waals surface area contributed by atoms with Crippen LogP contribution in [0.25, 0.3) is 0 Å². The van der Waals surface area contributed by atoms with Crippen LogP contribution in [0.2, 0.25) is 0 Å².